The molecule has 2 aliphatic rings. The van der Waals surface area contributed by atoms with Gasteiger partial charge in [-0.25, -0.2) is 4.99 Å². The van der Waals surface area contributed by atoms with Gasteiger partial charge >= 0.3 is 0 Å². The van der Waals surface area contributed by atoms with E-state index in [9.17, 15) is 9.59 Å². The molecule has 0 saturated carbocycles. The highest BCUT2D eigenvalue weighted by Gasteiger charge is 2.32. The molecule has 1 unspecified atom stereocenters. The molecule has 2 aromatic rings. The monoisotopic (exact) mass is 389 g/mol. The Labute approximate surface area is 169 Å². The van der Waals surface area contributed by atoms with Gasteiger partial charge in [0.1, 0.15) is 11.4 Å². The van der Waals surface area contributed by atoms with Crippen LogP contribution in [0, 0.1) is 11.3 Å². The maximum absolute atomic E-state index is 12.7. The summed E-state index contributed by atoms with van der Waals surface area (Å²) in [5.74, 6) is 0.181. The van der Waals surface area contributed by atoms with Gasteiger partial charge in [-0.3, -0.25) is 9.59 Å². The number of H-pyrrole nitrogens is 1. The van der Waals surface area contributed by atoms with Gasteiger partial charge < -0.3 is 15.0 Å². The van der Waals surface area contributed by atoms with Crippen LogP contribution in [-0.4, -0.2) is 29.6 Å². The van der Waals surface area contributed by atoms with Crippen molar-refractivity contribution in [2.24, 2.45) is 16.3 Å². The van der Waals surface area contributed by atoms with Crippen LogP contribution in [-0.2, 0) is 4.79 Å². The van der Waals surface area contributed by atoms with E-state index < -0.39 is 0 Å². The highest BCUT2D eigenvalue weighted by Crippen LogP contribution is 2.38. The zero-order chi connectivity index (χ0) is 20.8. The molecular formula is C23H23N3O3. The first kappa shape index (κ1) is 18.9. The highest BCUT2D eigenvalue weighted by molar-refractivity contribution is 6.14. The fraction of sp³-hybridized carbons (Fsp3) is 0.261. The fourth-order valence-electron chi connectivity index (χ4n) is 3.67. The van der Waals surface area contributed by atoms with Crippen molar-refractivity contribution in [2.45, 2.75) is 20.8 Å². The van der Waals surface area contributed by atoms with Crippen LogP contribution < -0.4 is 10.1 Å². The molecule has 6 heteroatoms. The van der Waals surface area contributed by atoms with Gasteiger partial charge in [-0.15, -0.1) is 0 Å². The van der Waals surface area contributed by atoms with Crippen LogP contribution in [0.2, 0.25) is 0 Å². The van der Waals surface area contributed by atoms with Crippen LogP contribution in [0.4, 0.5) is 0 Å². The maximum Gasteiger partial charge on any atom is 0.293 e. The van der Waals surface area contributed by atoms with E-state index in [-0.39, 0.29) is 23.1 Å². The van der Waals surface area contributed by atoms with E-state index in [2.05, 4.69) is 36.1 Å². The minimum Gasteiger partial charge on any atom is -0.497 e. The summed E-state index contributed by atoms with van der Waals surface area (Å²) in [5.41, 5.74) is 3.37. The Morgan fingerprint density at radius 2 is 1.97 bits per heavy atom. The number of rotatable bonds is 2. The van der Waals surface area contributed by atoms with Gasteiger partial charge in [0.2, 0.25) is 5.91 Å². The number of nitrogens with zero attached hydrogens (tertiary/aromatic N) is 1. The molecule has 4 rings (SSSR count). The third kappa shape index (κ3) is 3.66. The highest BCUT2D eigenvalue weighted by atomic mass is 16.5. The second kappa shape index (κ2) is 6.88. The van der Waals surface area contributed by atoms with Gasteiger partial charge in [0.05, 0.1) is 12.8 Å². The van der Waals surface area contributed by atoms with E-state index in [0.29, 0.717) is 17.2 Å². The first-order valence-electron chi connectivity index (χ1n) is 9.47. The Hall–Kier alpha value is -3.41. The molecule has 0 bridgehead atoms. The summed E-state index contributed by atoms with van der Waals surface area (Å²) in [7, 11) is 1.60. The van der Waals surface area contributed by atoms with Crippen LogP contribution in [0.25, 0.3) is 10.9 Å². The number of aliphatic imine (C=N–C) groups is 1. The molecule has 1 aliphatic carbocycles. The largest absolute Gasteiger partial charge is 0.497 e. The number of fused-ring (bicyclic) bond motifs is 2. The lowest BCUT2D eigenvalue weighted by Crippen LogP contribution is -2.36. The number of benzene rings is 1. The van der Waals surface area contributed by atoms with E-state index in [4.69, 9.17) is 4.74 Å². The molecule has 0 spiro atoms. The smallest absolute Gasteiger partial charge is 0.293 e. The molecule has 1 atom stereocenters. The van der Waals surface area contributed by atoms with Crippen LogP contribution in [0.5, 0.6) is 5.75 Å². The lowest BCUT2D eigenvalue weighted by Gasteiger charge is -2.34. The Morgan fingerprint density at radius 3 is 2.69 bits per heavy atom. The van der Waals surface area contributed by atoms with E-state index in [0.717, 1.165) is 22.2 Å². The van der Waals surface area contributed by atoms with E-state index in [1.54, 1.807) is 25.3 Å². The number of aromatic amines is 1. The van der Waals surface area contributed by atoms with Gasteiger partial charge in [-0.05, 0) is 41.3 Å². The van der Waals surface area contributed by atoms with E-state index >= 15 is 0 Å². The van der Waals surface area contributed by atoms with Crippen LogP contribution in [0.1, 0.15) is 31.3 Å². The number of aromatic nitrogens is 1. The minimum absolute atomic E-state index is 0.0118. The van der Waals surface area contributed by atoms with Crippen molar-refractivity contribution in [3.8, 4) is 5.75 Å². The Morgan fingerprint density at radius 1 is 1.17 bits per heavy atom. The van der Waals surface area contributed by atoms with Gasteiger partial charge in [-0.1, -0.05) is 26.8 Å². The number of ether oxygens (including phenoxy) is 1. The third-order valence-corrected chi connectivity index (χ3v) is 5.14. The molecule has 2 amide bonds. The predicted molar refractivity (Wildman–Crippen MR) is 113 cm³/mol. The van der Waals surface area contributed by atoms with Gasteiger partial charge in [-0.2, -0.15) is 0 Å². The number of hydrogen-bond donors (Lipinski definition) is 2. The standard InChI is InChI=1S/C23H23N3O3/c1-23(2,3)17-12-21(27)26-19-10-14(6-8-16(17)19)24-22(28)20-9-13-5-7-15(29-4)11-18(13)25-20/h5-12,16,25H,1-4H3,(H,26,27). The predicted octanol–water partition coefficient (Wildman–Crippen LogP) is 3.93. The number of carbonyl (C=O) groups is 2. The molecule has 1 aliphatic heterocycles. The summed E-state index contributed by atoms with van der Waals surface area (Å²) < 4.78 is 5.22. The number of nitrogens with one attached hydrogen (secondary N) is 2. The SMILES string of the molecule is COc1ccc2cc(C(=O)N=C3C=CC4C(=C3)NC(=O)C=C4C(C)(C)C)[nH]c2c1. The summed E-state index contributed by atoms with van der Waals surface area (Å²) in [6, 6.07) is 7.34. The maximum atomic E-state index is 12.7. The second-order valence-corrected chi connectivity index (χ2v) is 8.25. The minimum atomic E-state index is -0.371. The second-order valence-electron chi connectivity index (χ2n) is 8.25. The Bertz CT molecular complexity index is 1140. The summed E-state index contributed by atoms with van der Waals surface area (Å²) >= 11 is 0. The number of methoxy groups -OCH3 is 1. The Balaban J connectivity index is 1.62. The van der Waals surface area contributed by atoms with Crippen LogP contribution in [0.3, 0.4) is 0 Å². The molecule has 0 radical (unpaired) electrons. The Kier molecular flexibility index (Phi) is 4.49. The molecule has 6 nitrogen and oxygen atoms in total. The first-order valence-corrected chi connectivity index (χ1v) is 9.47. The van der Waals surface area contributed by atoms with Gasteiger partial charge in [0, 0.05) is 34.7 Å². The molecule has 0 saturated heterocycles. The van der Waals surface area contributed by atoms with Crippen molar-refractivity contribution in [3.63, 3.8) is 0 Å². The lowest BCUT2D eigenvalue weighted by molar-refractivity contribution is -0.116. The van der Waals surface area contributed by atoms with Gasteiger partial charge in [0.25, 0.3) is 5.91 Å². The zero-order valence-electron chi connectivity index (χ0n) is 16.9. The van der Waals surface area contributed by atoms with Crippen molar-refractivity contribution >= 4 is 28.4 Å². The molecule has 1 aromatic heterocycles. The van der Waals surface area contributed by atoms with Crippen LogP contribution >= 0.6 is 0 Å². The van der Waals surface area contributed by atoms with Crippen molar-refractivity contribution in [3.05, 3.63) is 65.5 Å². The molecule has 1 aromatic carbocycles. The topological polar surface area (TPSA) is 83.5 Å². The average molecular weight is 389 g/mol. The summed E-state index contributed by atoms with van der Waals surface area (Å²) in [4.78, 5) is 32.1. The van der Waals surface area contributed by atoms with E-state index in [1.807, 2.05) is 30.4 Å². The molecule has 2 N–H and O–H groups in total. The van der Waals surface area contributed by atoms with E-state index in [1.165, 1.54) is 0 Å². The molecular weight excluding hydrogens is 366 g/mol. The summed E-state index contributed by atoms with van der Waals surface area (Å²) in [6.45, 7) is 6.25. The normalized spacial score (nSPS) is 20.2. The van der Waals surface area contributed by atoms with Gasteiger partial charge in [0.15, 0.2) is 0 Å². The summed E-state index contributed by atoms with van der Waals surface area (Å²) in [5, 5.41) is 3.79. The number of hydrogen-bond acceptors (Lipinski definition) is 3. The number of amides is 2. The molecule has 2 heterocycles. The number of allylic oxidation sites excluding steroid dienone is 3. The molecule has 0 fully saturated rings. The molecule has 148 valence electrons. The average Bonchev–Trinajstić information content (AvgIpc) is 3.09. The quantitative estimate of drug-likeness (QED) is 0.816. The number of carbonyl (C=O) groups excluding carboxylic acids is 2. The van der Waals surface area contributed by atoms with Crippen molar-refractivity contribution in [1.82, 2.24) is 10.3 Å². The first-order chi connectivity index (χ1) is 13.7. The zero-order valence-corrected chi connectivity index (χ0v) is 16.9. The summed E-state index contributed by atoms with van der Waals surface area (Å²) in [6.07, 6.45) is 7.24. The van der Waals surface area contributed by atoms with Crippen molar-refractivity contribution in [2.75, 3.05) is 7.11 Å². The van der Waals surface area contributed by atoms with Crippen molar-refractivity contribution < 1.29 is 14.3 Å². The molecule has 29 heavy (non-hydrogen) atoms. The fourth-order valence-corrected chi connectivity index (χ4v) is 3.67. The van der Waals surface area contributed by atoms with Crippen molar-refractivity contribution in [1.29, 1.82) is 0 Å². The van der Waals surface area contributed by atoms with Crippen LogP contribution in [0.15, 0.2) is 64.8 Å². The lowest BCUT2D eigenvalue weighted by atomic mass is 9.74. The third-order valence-electron chi connectivity index (χ3n) is 5.14.